The van der Waals surface area contributed by atoms with Gasteiger partial charge in [-0.15, -0.1) is 0 Å². The number of thiocarbonyl (C=S) groups is 1. The average molecular weight is 290 g/mol. The molecule has 1 aliphatic rings. The Hall–Kier alpha value is -1.09. The van der Waals surface area contributed by atoms with E-state index in [1.165, 1.54) is 30.4 Å². The molecule has 3 atom stereocenters. The Morgan fingerprint density at radius 1 is 1.20 bits per heavy atom. The highest BCUT2D eigenvalue weighted by atomic mass is 32.1. The van der Waals surface area contributed by atoms with Crippen LogP contribution in [0.4, 0.5) is 5.69 Å². The van der Waals surface area contributed by atoms with Gasteiger partial charge < -0.3 is 10.6 Å². The summed E-state index contributed by atoms with van der Waals surface area (Å²) in [4.78, 5) is 0. The number of aryl methyl sites for hydroxylation is 2. The first-order valence-electron chi connectivity index (χ1n) is 7.61. The summed E-state index contributed by atoms with van der Waals surface area (Å²) in [5.74, 6) is 1.55. The number of anilines is 1. The Bertz CT molecular complexity index is 464. The zero-order valence-electron chi connectivity index (χ0n) is 13.0. The second-order valence-corrected chi connectivity index (χ2v) is 6.74. The normalized spacial score (nSPS) is 23.4. The molecule has 20 heavy (non-hydrogen) atoms. The smallest absolute Gasteiger partial charge is 0.170 e. The molecule has 1 aromatic rings. The van der Waals surface area contributed by atoms with Crippen molar-refractivity contribution in [1.82, 2.24) is 5.32 Å². The highest BCUT2D eigenvalue weighted by Gasteiger charge is 2.28. The molecule has 1 saturated carbocycles. The summed E-state index contributed by atoms with van der Waals surface area (Å²) in [5, 5.41) is 7.51. The predicted octanol–water partition coefficient (Wildman–Crippen LogP) is 4.41. The van der Waals surface area contributed by atoms with Crippen molar-refractivity contribution in [3.8, 4) is 0 Å². The van der Waals surface area contributed by atoms with E-state index in [9.17, 15) is 0 Å². The second-order valence-electron chi connectivity index (χ2n) is 6.34. The van der Waals surface area contributed by atoms with Crippen LogP contribution in [-0.2, 0) is 0 Å². The molecule has 110 valence electrons. The van der Waals surface area contributed by atoms with E-state index in [2.05, 4.69) is 56.5 Å². The van der Waals surface area contributed by atoms with Crippen molar-refractivity contribution in [3.05, 3.63) is 29.3 Å². The molecule has 1 aromatic carbocycles. The van der Waals surface area contributed by atoms with E-state index in [0.717, 1.165) is 22.6 Å². The van der Waals surface area contributed by atoms with Crippen LogP contribution in [0.15, 0.2) is 18.2 Å². The molecule has 1 fully saturated rings. The molecule has 2 rings (SSSR count). The van der Waals surface area contributed by atoms with Gasteiger partial charge in [0.05, 0.1) is 0 Å². The Kier molecular flexibility index (Phi) is 5.03. The van der Waals surface area contributed by atoms with Gasteiger partial charge in [-0.05, 0) is 74.5 Å². The number of hydrogen-bond acceptors (Lipinski definition) is 1. The Morgan fingerprint density at radius 2 is 1.85 bits per heavy atom. The summed E-state index contributed by atoms with van der Waals surface area (Å²) in [6, 6.07) is 6.87. The second kappa shape index (κ2) is 6.57. The molecule has 2 nitrogen and oxygen atoms in total. The van der Waals surface area contributed by atoms with Gasteiger partial charge in [0.1, 0.15) is 0 Å². The highest BCUT2D eigenvalue weighted by molar-refractivity contribution is 7.80. The third kappa shape index (κ3) is 3.95. The minimum Gasteiger partial charge on any atom is -0.360 e. The van der Waals surface area contributed by atoms with E-state index in [0.29, 0.717) is 6.04 Å². The first-order chi connectivity index (χ1) is 9.45. The van der Waals surface area contributed by atoms with Gasteiger partial charge >= 0.3 is 0 Å². The van der Waals surface area contributed by atoms with Crippen molar-refractivity contribution in [1.29, 1.82) is 0 Å². The van der Waals surface area contributed by atoms with E-state index >= 15 is 0 Å². The zero-order valence-corrected chi connectivity index (χ0v) is 13.8. The third-order valence-corrected chi connectivity index (χ3v) is 4.63. The van der Waals surface area contributed by atoms with Crippen LogP contribution in [0.2, 0.25) is 0 Å². The molecule has 0 amide bonds. The lowest BCUT2D eigenvalue weighted by Gasteiger charge is -2.26. The quantitative estimate of drug-likeness (QED) is 0.806. The highest BCUT2D eigenvalue weighted by Crippen LogP contribution is 2.33. The first kappa shape index (κ1) is 15.3. The molecule has 2 unspecified atom stereocenters. The maximum atomic E-state index is 5.45. The number of rotatable bonds is 3. The fourth-order valence-electron chi connectivity index (χ4n) is 3.44. The Morgan fingerprint density at radius 3 is 2.40 bits per heavy atom. The topological polar surface area (TPSA) is 24.1 Å². The van der Waals surface area contributed by atoms with Gasteiger partial charge in [-0.2, -0.15) is 0 Å². The summed E-state index contributed by atoms with van der Waals surface area (Å²) in [6.45, 7) is 8.83. The van der Waals surface area contributed by atoms with E-state index in [1.54, 1.807) is 0 Å². The number of hydrogen-bond donors (Lipinski definition) is 2. The minimum absolute atomic E-state index is 0.443. The first-order valence-corrected chi connectivity index (χ1v) is 8.02. The SMILES string of the molecule is Cc1cc(C)cc(NC(=S)N[C@@H](C)C2CCCC2C)c1. The molecule has 0 radical (unpaired) electrons. The monoisotopic (exact) mass is 290 g/mol. The molecular weight excluding hydrogens is 264 g/mol. The van der Waals surface area contributed by atoms with Crippen LogP contribution < -0.4 is 10.6 Å². The van der Waals surface area contributed by atoms with Gasteiger partial charge in [-0.1, -0.05) is 25.8 Å². The predicted molar refractivity (Wildman–Crippen MR) is 91.2 cm³/mol. The van der Waals surface area contributed by atoms with Crippen molar-refractivity contribution >= 4 is 23.0 Å². The molecule has 3 heteroatoms. The van der Waals surface area contributed by atoms with E-state index in [4.69, 9.17) is 12.2 Å². The van der Waals surface area contributed by atoms with Gasteiger partial charge in [-0.3, -0.25) is 0 Å². The summed E-state index contributed by atoms with van der Waals surface area (Å²) >= 11 is 5.45. The maximum Gasteiger partial charge on any atom is 0.170 e. The summed E-state index contributed by atoms with van der Waals surface area (Å²) < 4.78 is 0. The van der Waals surface area contributed by atoms with Crippen molar-refractivity contribution in [3.63, 3.8) is 0 Å². The van der Waals surface area contributed by atoms with Gasteiger partial charge in [0.25, 0.3) is 0 Å². The van der Waals surface area contributed by atoms with Crippen LogP contribution in [0, 0.1) is 25.7 Å². The van der Waals surface area contributed by atoms with Crippen LogP contribution in [0.3, 0.4) is 0 Å². The van der Waals surface area contributed by atoms with Crippen LogP contribution in [0.5, 0.6) is 0 Å². The number of benzene rings is 1. The summed E-state index contributed by atoms with van der Waals surface area (Å²) in [6.07, 6.45) is 4.03. The van der Waals surface area contributed by atoms with Crippen molar-refractivity contribution in [2.24, 2.45) is 11.8 Å². The molecular formula is C17H26N2S. The van der Waals surface area contributed by atoms with E-state index in [1.807, 2.05) is 0 Å². The molecule has 0 saturated heterocycles. The minimum atomic E-state index is 0.443. The zero-order chi connectivity index (χ0) is 14.7. The number of nitrogens with one attached hydrogen (secondary N) is 2. The fraction of sp³-hybridized carbons (Fsp3) is 0.588. The molecule has 0 aromatic heterocycles. The lowest BCUT2D eigenvalue weighted by atomic mass is 9.91. The average Bonchev–Trinajstić information content (AvgIpc) is 2.73. The molecule has 0 aliphatic heterocycles. The molecule has 2 N–H and O–H groups in total. The maximum absolute atomic E-state index is 5.45. The van der Waals surface area contributed by atoms with Crippen molar-refractivity contribution in [2.75, 3.05) is 5.32 Å². The third-order valence-electron chi connectivity index (χ3n) is 4.41. The van der Waals surface area contributed by atoms with Crippen LogP contribution in [0.25, 0.3) is 0 Å². The van der Waals surface area contributed by atoms with Crippen molar-refractivity contribution in [2.45, 2.75) is 53.0 Å². The molecule has 0 heterocycles. The lowest BCUT2D eigenvalue weighted by Crippen LogP contribution is -2.41. The van der Waals surface area contributed by atoms with Crippen LogP contribution >= 0.6 is 12.2 Å². The van der Waals surface area contributed by atoms with E-state index in [-0.39, 0.29) is 0 Å². The van der Waals surface area contributed by atoms with Crippen LogP contribution in [-0.4, -0.2) is 11.2 Å². The largest absolute Gasteiger partial charge is 0.360 e. The van der Waals surface area contributed by atoms with Gasteiger partial charge in [0, 0.05) is 11.7 Å². The van der Waals surface area contributed by atoms with Gasteiger partial charge in [-0.25, -0.2) is 0 Å². The fourth-order valence-corrected chi connectivity index (χ4v) is 3.75. The molecule has 0 spiro atoms. The lowest BCUT2D eigenvalue weighted by molar-refractivity contribution is 0.342. The summed E-state index contributed by atoms with van der Waals surface area (Å²) in [7, 11) is 0. The Labute approximate surface area is 128 Å². The van der Waals surface area contributed by atoms with E-state index < -0.39 is 0 Å². The Balaban J connectivity index is 1.91. The standard InChI is InChI=1S/C17H26N2S/c1-11-8-12(2)10-15(9-11)19-17(20)18-14(4)16-7-5-6-13(16)3/h8-10,13-14,16H,5-7H2,1-4H3,(H2,18,19,20)/t13?,14-,16?/m0/s1. The van der Waals surface area contributed by atoms with Gasteiger partial charge in [0.2, 0.25) is 0 Å². The van der Waals surface area contributed by atoms with Gasteiger partial charge in [0.15, 0.2) is 5.11 Å². The summed E-state index contributed by atoms with van der Waals surface area (Å²) in [5.41, 5.74) is 3.59. The van der Waals surface area contributed by atoms with Crippen LogP contribution in [0.1, 0.15) is 44.2 Å². The molecule has 0 bridgehead atoms. The van der Waals surface area contributed by atoms with Crippen molar-refractivity contribution < 1.29 is 0 Å². The molecule has 1 aliphatic carbocycles.